The molecule has 1 aromatic rings. The second-order valence-corrected chi connectivity index (χ2v) is 4.97. The SMILES string of the molecule is OC[C@@H]1O[C@H](Nc2ccc(OC(F)(F)F)cc2)[C@@H](O)[C@H](O)[C@@H]1O. The molecular weight excluding hydrogens is 323 g/mol. The average molecular weight is 339 g/mol. The fourth-order valence-electron chi connectivity index (χ4n) is 2.14. The highest BCUT2D eigenvalue weighted by Gasteiger charge is 2.43. The molecule has 0 aromatic heterocycles. The maximum absolute atomic E-state index is 12.1. The van der Waals surface area contributed by atoms with E-state index in [4.69, 9.17) is 9.84 Å². The first-order chi connectivity index (χ1) is 10.7. The Morgan fingerprint density at radius 3 is 2.17 bits per heavy atom. The highest BCUT2D eigenvalue weighted by Crippen LogP contribution is 2.26. The number of alkyl halides is 3. The summed E-state index contributed by atoms with van der Waals surface area (Å²) in [6.45, 7) is -0.582. The van der Waals surface area contributed by atoms with Gasteiger partial charge in [-0.25, -0.2) is 0 Å². The quantitative estimate of drug-likeness (QED) is 0.516. The fraction of sp³-hybridized carbons (Fsp3) is 0.538. The Morgan fingerprint density at radius 1 is 1.04 bits per heavy atom. The maximum Gasteiger partial charge on any atom is 0.573 e. The van der Waals surface area contributed by atoms with Gasteiger partial charge in [-0.15, -0.1) is 13.2 Å². The summed E-state index contributed by atoms with van der Waals surface area (Å²) in [5.41, 5.74) is 0.281. The molecule has 0 radical (unpaired) electrons. The number of hydrogen-bond donors (Lipinski definition) is 5. The molecule has 5 N–H and O–H groups in total. The van der Waals surface area contributed by atoms with Crippen molar-refractivity contribution in [2.45, 2.75) is 37.0 Å². The van der Waals surface area contributed by atoms with Crippen LogP contribution < -0.4 is 10.1 Å². The maximum atomic E-state index is 12.1. The monoisotopic (exact) mass is 339 g/mol. The molecule has 1 aliphatic heterocycles. The lowest BCUT2D eigenvalue weighted by atomic mass is 9.98. The van der Waals surface area contributed by atoms with Gasteiger partial charge in [0.05, 0.1) is 6.61 Å². The Bertz CT molecular complexity index is 509. The first kappa shape index (κ1) is 17.8. The van der Waals surface area contributed by atoms with E-state index in [1.54, 1.807) is 0 Å². The molecule has 0 amide bonds. The molecule has 0 bridgehead atoms. The van der Waals surface area contributed by atoms with Gasteiger partial charge in [0.25, 0.3) is 0 Å². The molecule has 0 aliphatic carbocycles. The van der Waals surface area contributed by atoms with Crippen LogP contribution in [0.5, 0.6) is 5.75 Å². The van der Waals surface area contributed by atoms with Crippen molar-refractivity contribution in [1.29, 1.82) is 0 Å². The molecule has 1 fully saturated rings. The predicted molar refractivity (Wildman–Crippen MR) is 70.5 cm³/mol. The molecule has 2 rings (SSSR count). The van der Waals surface area contributed by atoms with Crippen LogP contribution in [-0.4, -0.2) is 64.0 Å². The molecule has 1 saturated heterocycles. The second-order valence-electron chi connectivity index (χ2n) is 4.97. The number of benzene rings is 1. The lowest BCUT2D eigenvalue weighted by molar-refractivity contribution is -0.274. The Labute approximate surface area is 128 Å². The van der Waals surface area contributed by atoms with Crippen LogP contribution in [-0.2, 0) is 4.74 Å². The number of rotatable bonds is 4. The third kappa shape index (κ3) is 4.45. The zero-order valence-corrected chi connectivity index (χ0v) is 11.6. The van der Waals surface area contributed by atoms with Gasteiger partial charge in [-0.2, -0.15) is 0 Å². The van der Waals surface area contributed by atoms with Crippen molar-refractivity contribution in [3.8, 4) is 5.75 Å². The summed E-state index contributed by atoms with van der Waals surface area (Å²) in [5, 5.41) is 40.8. The van der Waals surface area contributed by atoms with Crippen molar-refractivity contribution in [1.82, 2.24) is 0 Å². The Balaban J connectivity index is 2.03. The summed E-state index contributed by atoms with van der Waals surface area (Å²) in [6, 6.07) is 4.62. The Kier molecular flexibility index (Phi) is 5.32. The summed E-state index contributed by atoms with van der Waals surface area (Å²) in [5.74, 6) is -0.420. The van der Waals surface area contributed by atoms with Gasteiger partial charge in [-0.3, -0.25) is 0 Å². The highest BCUT2D eigenvalue weighted by molar-refractivity contribution is 5.47. The minimum atomic E-state index is -4.80. The van der Waals surface area contributed by atoms with Crippen LogP contribution in [0, 0.1) is 0 Å². The van der Waals surface area contributed by atoms with Crippen LogP contribution in [0.4, 0.5) is 18.9 Å². The Morgan fingerprint density at radius 2 is 1.65 bits per heavy atom. The minimum absolute atomic E-state index is 0.281. The summed E-state index contributed by atoms with van der Waals surface area (Å²) in [4.78, 5) is 0. The molecule has 1 aliphatic rings. The van der Waals surface area contributed by atoms with E-state index < -0.39 is 49.4 Å². The van der Waals surface area contributed by atoms with E-state index in [0.717, 1.165) is 12.1 Å². The van der Waals surface area contributed by atoms with Gasteiger partial charge in [0.15, 0.2) is 6.23 Å². The van der Waals surface area contributed by atoms with Crippen LogP contribution in [0.15, 0.2) is 24.3 Å². The number of halogens is 3. The molecule has 10 heteroatoms. The predicted octanol–water partition coefficient (Wildman–Crippen LogP) is -0.203. The van der Waals surface area contributed by atoms with E-state index in [1.807, 2.05) is 0 Å². The standard InChI is InChI=1S/C13H16F3NO6/c14-13(15,16)23-7-3-1-6(2-4-7)17-12-11(21)10(20)9(19)8(5-18)22-12/h1-4,8-12,17-21H,5H2/t8-,9+,10+,11-,12-/m0/s1. The van der Waals surface area contributed by atoms with Crippen molar-refractivity contribution >= 4 is 5.69 Å². The van der Waals surface area contributed by atoms with Gasteiger partial charge in [0.1, 0.15) is 30.2 Å². The number of anilines is 1. The van der Waals surface area contributed by atoms with Gasteiger partial charge in [-0.1, -0.05) is 0 Å². The van der Waals surface area contributed by atoms with E-state index in [-0.39, 0.29) is 5.69 Å². The molecule has 23 heavy (non-hydrogen) atoms. The van der Waals surface area contributed by atoms with Crippen molar-refractivity contribution in [2.24, 2.45) is 0 Å². The van der Waals surface area contributed by atoms with Gasteiger partial charge in [0, 0.05) is 5.69 Å². The van der Waals surface area contributed by atoms with Crippen LogP contribution in [0.25, 0.3) is 0 Å². The van der Waals surface area contributed by atoms with Crippen LogP contribution in [0.1, 0.15) is 0 Å². The molecule has 7 nitrogen and oxygen atoms in total. The third-order valence-electron chi connectivity index (χ3n) is 3.29. The number of ether oxygens (including phenoxy) is 2. The molecular formula is C13H16F3NO6. The first-order valence-electron chi connectivity index (χ1n) is 6.64. The molecule has 130 valence electrons. The topological polar surface area (TPSA) is 111 Å². The zero-order chi connectivity index (χ0) is 17.2. The minimum Gasteiger partial charge on any atom is -0.406 e. The lowest BCUT2D eigenvalue weighted by Crippen LogP contribution is -2.60. The van der Waals surface area contributed by atoms with Gasteiger partial charge in [-0.05, 0) is 24.3 Å². The number of hydrogen-bond acceptors (Lipinski definition) is 7. The summed E-state index contributed by atoms with van der Waals surface area (Å²) < 4.78 is 45.1. The van der Waals surface area contributed by atoms with E-state index >= 15 is 0 Å². The van der Waals surface area contributed by atoms with Crippen LogP contribution in [0.2, 0.25) is 0 Å². The third-order valence-corrected chi connectivity index (χ3v) is 3.29. The molecule has 0 saturated carbocycles. The molecule has 0 unspecified atom stereocenters. The van der Waals surface area contributed by atoms with Crippen molar-refractivity contribution in [3.63, 3.8) is 0 Å². The van der Waals surface area contributed by atoms with Crippen molar-refractivity contribution in [2.75, 3.05) is 11.9 Å². The fourth-order valence-corrected chi connectivity index (χ4v) is 2.14. The lowest BCUT2D eigenvalue weighted by Gasteiger charge is -2.40. The van der Waals surface area contributed by atoms with Crippen LogP contribution in [0.3, 0.4) is 0 Å². The van der Waals surface area contributed by atoms with E-state index in [2.05, 4.69) is 10.1 Å². The number of aliphatic hydroxyl groups excluding tert-OH is 4. The number of aliphatic hydroxyl groups is 4. The van der Waals surface area contributed by atoms with E-state index in [0.29, 0.717) is 0 Å². The second kappa shape index (κ2) is 6.89. The number of nitrogens with one attached hydrogen (secondary N) is 1. The summed E-state index contributed by atoms with van der Waals surface area (Å²) in [6.07, 6.45) is -11.6. The average Bonchev–Trinajstić information content (AvgIpc) is 2.48. The zero-order valence-electron chi connectivity index (χ0n) is 11.6. The summed E-state index contributed by atoms with van der Waals surface area (Å²) >= 11 is 0. The van der Waals surface area contributed by atoms with Gasteiger partial charge >= 0.3 is 6.36 Å². The van der Waals surface area contributed by atoms with Crippen molar-refractivity contribution < 1.29 is 43.1 Å². The largest absolute Gasteiger partial charge is 0.573 e. The van der Waals surface area contributed by atoms with E-state index in [9.17, 15) is 28.5 Å². The summed E-state index contributed by atoms with van der Waals surface area (Å²) in [7, 11) is 0. The van der Waals surface area contributed by atoms with Gasteiger partial charge in [0.2, 0.25) is 0 Å². The molecule has 1 aromatic carbocycles. The molecule has 5 atom stereocenters. The van der Waals surface area contributed by atoms with E-state index in [1.165, 1.54) is 12.1 Å². The van der Waals surface area contributed by atoms with Crippen molar-refractivity contribution in [3.05, 3.63) is 24.3 Å². The normalized spacial score (nSPS) is 31.7. The highest BCUT2D eigenvalue weighted by atomic mass is 19.4. The first-order valence-corrected chi connectivity index (χ1v) is 6.64. The van der Waals surface area contributed by atoms with Crippen LogP contribution >= 0.6 is 0 Å². The Hall–Kier alpha value is -1.59. The molecule has 0 spiro atoms. The smallest absolute Gasteiger partial charge is 0.406 e. The molecule has 1 heterocycles. The van der Waals surface area contributed by atoms with Gasteiger partial charge < -0.3 is 35.2 Å².